The summed E-state index contributed by atoms with van der Waals surface area (Å²) in [4.78, 5) is 38.4. The fourth-order valence-corrected chi connectivity index (χ4v) is 3.92. The Hall–Kier alpha value is -4.08. The third-order valence-electron chi connectivity index (χ3n) is 5.87. The van der Waals surface area contributed by atoms with Gasteiger partial charge in [-0.15, -0.1) is 0 Å². The van der Waals surface area contributed by atoms with Crippen LogP contribution in [0, 0.1) is 0 Å². The number of hydrogen-bond donors (Lipinski definition) is 0. The molecule has 0 unspecified atom stereocenters. The van der Waals surface area contributed by atoms with Crippen LogP contribution in [0.4, 0.5) is 4.39 Å². The molecule has 192 valence electrons. The van der Waals surface area contributed by atoms with E-state index < -0.39 is 55.3 Å². The molecule has 0 aromatic heterocycles. The number of alkyl halides is 1. The van der Waals surface area contributed by atoms with E-state index in [9.17, 15) is 18.8 Å². The molecular weight excluding hydrogens is 483 g/mol. The van der Waals surface area contributed by atoms with Crippen LogP contribution in [-0.2, 0) is 23.7 Å². The van der Waals surface area contributed by atoms with Gasteiger partial charge in [0.05, 0.1) is 16.7 Å². The topological polar surface area (TPSA) is 97.4 Å². The molecule has 0 amide bonds. The molecule has 0 saturated carbocycles. The summed E-state index contributed by atoms with van der Waals surface area (Å²) in [5, 5.41) is 0. The van der Waals surface area contributed by atoms with Crippen LogP contribution in [0.3, 0.4) is 0 Å². The highest BCUT2D eigenvalue weighted by atomic mass is 19.1. The molecule has 0 radical (unpaired) electrons. The zero-order valence-corrected chi connectivity index (χ0v) is 20.0. The van der Waals surface area contributed by atoms with Crippen molar-refractivity contribution in [2.75, 3.05) is 20.4 Å². The van der Waals surface area contributed by atoms with Gasteiger partial charge in [0.25, 0.3) is 0 Å². The molecule has 8 nitrogen and oxygen atoms in total. The van der Waals surface area contributed by atoms with Crippen molar-refractivity contribution in [1.29, 1.82) is 0 Å². The zero-order valence-electron chi connectivity index (χ0n) is 20.0. The third-order valence-corrected chi connectivity index (χ3v) is 5.87. The van der Waals surface area contributed by atoms with E-state index >= 15 is 0 Å². The number of esters is 3. The summed E-state index contributed by atoms with van der Waals surface area (Å²) in [6.45, 7) is -1.66. The summed E-state index contributed by atoms with van der Waals surface area (Å²) in [5.41, 5.74) is 0.693. The van der Waals surface area contributed by atoms with Crippen molar-refractivity contribution in [2.24, 2.45) is 0 Å². The SMILES string of the molecule is CO[C@@]1(CF)O[C@H](COC(=O)c2ccccc2)[C@@H](OC(=O)c2ccccc2)[C@@H]1OC(=O)c1ccccc1. The molecule has 3 aromatic carbocycles. The number of hydrogen-bond acceptors (Lipinski definition) is 8. The zero-order chi connectivity index (χ0) is 26.3. The molecule has 4 rings (SSSR count). The van der Waals surface area contributed by atoms with Gasteiger partial charge in [-0.05, 0) is 36.4 Å². The summed E-state index contributed by atoms with van der Waals surface area (Å²) in [7, 11) is 1.18. The fourth-order valence-electron chi connectivity index (χ4n) is 3.92. The second kappa shape index (κ2) is 11.8. The van der Waals surface area contributed by atoms with Gasteiger partial charge in [-0.3, -0.25) is 0 Å². The lowest BCUT2D eigenvalue weighted by Gasteiger charge is -2.30. The van der Waals surface area contributed by atoms with E-state index in [1.807, 2.05) is 0 Å². The van der Waals surface area contributed by atoms with Gasteiger partial charge in [0.15, 0.2) is 12.2 Å². The van der Waals surface area contributed by atoms with E-state index in [2.05, 4.69) is 0 Å². The molecule has 0 N–H and O–H groups in total. The van der Waals surface area contributed by atoms with Crippen LogP contribution in [0.25, 0.3) is 0 Å². The maximum Gasteiger partial charge on any atom is 0.338 e. The number of ether oxygens (including phenoxy) is 5. The van der Waals surface area contributed by atoms with E-state index in [1.54, 1.807) is 66.7 Å². The minimum atomic E-state index is -2.10. The first-order valence-electron chi connectivity index (χ1n) is 11.5. The summed E-state index contributed by atoms with van der Waals surface area (Å²) in [6.07, 6.45) is -4.08. The highest BCUT2D eigenvalue weighted by molar-refractivity contribution is 5.91. The van der Waals surface area contributed by atoms with Gasteiger partial charge < -0.3 is 23.7 Å². The largest absolute Gasteiger partial charge is 0.459 e. The van der Waals surface area contributed by atoms with Crippen molar-refractivity contribution in [3.8, 4) is 0 Å². The van der Waals surface area contributed by atoms with E-state index in [1.165, 1.54) is 31.4 Å². The normalized spacial score (nSPS) is 22.7. The van der Waals surface area contributed by atoms with E-state index in [-0.39, 0.29) is 16.7 Å². The summed E-state index contributed by atoms with van der Waals surface area (Å²) < 4.78 is 42.2. The van der Waals surface area contributed by atoms with Gasteiger partial charge in [-0.2, -0.15) is 0 Å². The molecule has 9 heteroatoms. The minimum absolute atomic E-state index is 0.193. The van der Waals surface area contributed by atoms with Crippen molar-refractivity contribution in [3.63, 3.8) is 0 Å². The van der Waals surface area contributed by atoms with Crippen molar-refractivity contribution in [3.05, 3.63) is 108 Å². The third kappa shape index (κ3) is 5.84. The van der Waals surface area contributed by atoms with Crippen LogP contribution in [0.15, 0.2) is 91.0 Å². The van der Waals surface area contributed by atoms with Crippen molar-refractivity contribution in [2.45, 2.75) is 24.1 Å². The van der Waals surface area contributed by atoms with Crippen LogP contribution in [0.1, 0.15) is 31.1 Å². The minimum Gasteiger partial charge on any atom is -0.459 e. The second-order valence-electron chi connectivity index (χ2n) is 8.20. The number of methoxy groups -OCH3 is 1. The van der Waals surface area contributed by atoms with Crippen molar-refractivity contribution >= 4 is 17.9 Å². The number of carbonyl (C=O) groups excluding carboxylic acids is 3. The molecule has 37 heavy (non-hydrogen) atoms. The van der Waals surface area contributed by atoms with Gasteiger partial charge in [0.1, 0.15) is 19.4 Å². The van der Waals surface area contributed by atoms with Gasteiger partial charge >= 0.3 is 17.9 Å². The second-order valence-corrected chi connectivity index (χ2v) is 8.20. The first-order valence-corrected chi connectivity index (χ1v) is 11.5. The molecule has 1 aliphatic rings. The Morgan fingerprint density at radius 1 is 0.757 bits per heavy atom. The number of carbonyl (C=O) groups is 3. The highest BCUT2D eigenvalue weighted by Gasteiger charge is 2.61. The van der Waals surface area contributed by atoms with Gasteiger partial charge in [0.2, 0.25) is 5.79 Å². The number of halogens is 1. The average Bonchev–Trinajstić information content (AvgIpc) is 3.25. The van der Waals surface area contributed by atoms with E-state index in [4.69, 9.17) is 23.7 Å². The average molecular weight is 508 g/mol. The molecule has 0 bridgehead atoms. The van der Waals surface area contributed by atoms with Crippen molar-refractivity contribution < 1.29 is 42.5 Å². The Kier molecular flexibility index (Phi) is 8.27. The van der Waals surface area contributed by atoms with Crippen LogP contribution in [0.2, 0.25) is 0 Å². The molecule has 3 aromatic rings. The molecule has 4 atom stereocenters. The first-order chi connectivity index (χ1) is 18.0. The molecule has 1 fully saturated rings. The lowest BCUT2D eigenvalue weighted by atomic mass is 10.0. The molecule has 1 aliphatic heterocycles. The van der Waals surface area contributed by atoms with Crippen LogP contribution in [0.5, 0.6) is 0 Å². The molecular formula is C28H25FO8. The molecule has 1 heterocycles. The van der Waals surface area contributed by atoms with Crippen LogP contribution < -0.4 is 0 Å². The molecule has 0 aliphatic carbocycles. The monoisotopic (exact) mass is 508 g/mol. The maximum atomic E-state index is 14.4. The standard InChI is InChI=1S/C28H25FO8/c1-33-28(18-29)24(36-27(32)21-15-9-4-10-16-21)23(35-26(31)20-13-7-3-8-14-20)22(37-28)17-34-25(30)19-11-5-2-6-12-19/h2-16,22-24H,17-18H2,1H3/t22-,23-,24+,28+/m1/s1. The predicted molar refractivity (Wildman–Crippen MR) is 129 cm³/mol. The lowest BCUT2D eigenvalue weighted by molar-refractivity contribution is -0.253. The summed E-state index contributed by atoms with van der Waals surface area (Å²) in [5.74, 6) is -4.33. The Morgan fingerprint density at radius 3 is 1.68 bits per heavy atom. The van der Waals surface area contributed by atoms with Crippen LogP contribution in [-0.4, -0.2) is 62.4 Å². The Morgan fingerprint density at radius 2 is 1.22 bits per heavy atom. The lowest BCUT2D eigenvalue weighted by Crippen LogP contribution is -2.50. The summed E-state index contributed by atoms with van der Waals surface area (Å²) >= 11 is 0. The number of benzene rings is 3. The van der Waals surface area contributed by atoms with Crippen LogP contribution >= 0.6 is 0 Å². The Bertz CT molecular complexity index is 1200. The maximum absolute atomic E-state index is 14.4. The van der Waals surface area contributed by atoms with E-state index in [0.29, 0.717) is 0 Å². The smallest absolute Gasteiger partial charge is 0.338 e. The molecule has 1 saturated heterocycles. The highest BCUT2D eigenvalue weighted by Crippen LogP contribution is 2.38. The Balaban J connectivity index is 1.62. The van der Waals surface area contributed by atoms with Gasteiger partial charge in [-0.1, -0.05) is 54.6 Å². The fraction of sp³-hybridized carbons (Fsp3) is 0.250. The first kappa shape index (κ1) is 26.0. The summed E-state index contributed by atoms with van der Waals surface area (Å²) in [6, 6.07) is 24.3. The van der Waals surface area contributed by atoms with Gasteiger partial charge in [-0.25, -0.2) is 18.8 Å². The quantitative estimate of drug-likeness (QED) is 0.316. The van der Waals surface area contributed by atoms with E-state index in [0.717, 1.165) is 0 Å². The Labute approximate surface area is 212 Å². The van der Waals surface area contributed by atoms with Crippen molar-refractivity contribution in [1.82, 2.24) is 0 Å². The molecule has 0 spiro atoms. The van der Waals surface area contributed by atoms with Gasteiger partial charge in [0, 0.05) is 7.11 Å². The number of rotatable bonds is 9. The predicted octanol–water partition coefficient (Wildman–Crippen LogP) is 4.01.